The van der Waals surface area contributed by atoms with E-state index < -0.39 is 0 Å². The van der Waals surface area contributed by atoms with Crippen molar-refractivity contribution in [2.24, 2.45) is 0 Å². The Morgan fingerprint density at radius 3 is 2.52 bits per heavy atom. The Balaban J connectivity index is 1.39. The van der Waals surface area contributed by atoms with Gasteiger partial charge >= 0.3 is 0 Å². The first-order valence-electron chi connectivity index (χ1n) is 9.67. The highest BCUT2D eigenvalue weighted by molar-refractivity contribution is 6.30. The van der Waals surface area contributed by atoms with Crippen molar-refractivity contribution in [1.29, 1.82) is 0 Å². The van der Waals surface area contributed by atoms with Gasteiger partial charge < -0.3 is 9.64 Å². The fourth-order valence-corrected chi connectivity index (χ4v) is 4.26. The van der Waals surface area contributed by atoms with E-state index in [1.54, 1.807) is 0 Å². The van der Waals surface area contributed by atoms with Crippen LogP contribution in [0.25, 0.3) is 0 Å². The number of rotatable bonds is 4. The molecule has 5 heteroatoms. The second-order valence-corrected chi connectivity index (χ2v) is 7.91. The molecule has 2 saturated heterocycles. The molecule has 2 aliphatic rings. The van der Waals surface area contributed by atoms with Crippen molar-refractivity contribution >= 4 is 17.5 Å². The lowest BCUT2D eigenvalue weighted by molar-refractivity contribution is 0.0780. The molecular weight excluding hydrogens is 360 g/mol. The molecule has 2 aliphatic heterocycles. The van der Waals surface area contributed by atoms with Crippen molar-refractivity contribution in [3.05, 3.63) is 58.6 Å². The molecule has 0 N–H and O–H groups in total. The highest BCUT2D eigenvalue weighted by Gasteiger charge is 2.31. The van der Waals surface area contributed by atoms with Crippen LogP contribution >= 0.6 is 11.6 Å². The van der Waals surface area contributed by atoms with E-state index in [2.05, 4.69) is 4.90 Å². The number of nitrogens with zero attached hydrogens (tertiary/aromatic N) is 2. The van der Waals surface area contributed by atoms with Gasteiger partial charge in [0.05, 0.1) is 0 Å². The van der Waals surface area contributed by atoms with Crippen LogP contribution in [0.15, 0.2) is 42.5 Å². The van der Waals surface area contributed by atoms with Crippen molar-refractivity contribution in [3.8, 4) is 11.5 Å². The Hall–Kier alpha value is -2.04. The molecule has 1 atom stereocenters. The summed E-state index contributed by atoms with van der Waals surface area (Å²) >= 11 is 5.99. The number of hydrogen-bond acceptors (Lipinski definition) is 3. The second-order valence-electron chi connectivity index (χ2n) is 7.47. The number of carbonyl (C=O) groups is 1. The molecule has 0 unspecified atom stereocenters. The lowest BCUT2D eigenvalue weighted by atomic mass is 10.2. The standard InChI is InChI=1S/C22H25ClN2O2/c1-16-14-18(23)6-9-21(16)27-20-7-4-17(5-8-20)22(26)25-13-10-19(15-25)24-11-2-3-12-24/h4-9,14,19H,2-3,10-13,15H2,1H3/t19-/m0/s1. The van der Waals surface area contributed by atoms with E-state index >= 15 is 0 Å². The third kappa shape index (κ3) is 4.12. The van der Waals surface area contributed by atoms with Gasteiger partial charge in [-0.15, -0.1) is 0 Å². The number of aryl methyl sites for hydroxylation is 1. The van der Waals surface area contributed by atoms with E-state index in [1.165, 1.54) is 25.9 Å². The Bertz CT molecular complexity index is 816. The molecule has 2 aromatic rings. The van der Waals surface area contributed by atoms with Gasteiger partial charge in [0.25, 0.3) is 5.91 Å². The summed E-state index contributed by atoms with van der Waals surface area (Å²) in [6, 6.07) is 13.5. The minimum Gasteiger partial charge on any atom is -0.457 e. The lowest BCUT2D eigenvalue weighted by Gasteiger charge is -2.23. The minimum atomic E-state index is 0.117. The molecule has 0 spiro atoms. The van der Waals surface area contributed by atoms with E-state index in [1.807, 2.05) is 54.3 Å². The normalized spacial score (nSPS) is 20.2. The van der Waals surface area contributed by atoms with Gasteiger partial charge in [0, 0.05) is 29.7 Å². The summed E-state index contributed by atoms with van der Waals surface area (Å²) in [6.45, 7) is 6.03. The van der Waals surface area contributed by atoms with Crippen LogP contribution in [0.2, 0.25) is 5.02 Å². The van der Waals surface area contributed by atoms with Gasteiger partial charge in [-0.3, -0.25) is 9.69 Å². The monoisotopic (exact) mass is 384 g/mol. The molecule has 0 aromatic heterocycles. The van der Waals surface area contributed by atoms with Crippen LogP contribution in [-0.4, -0.2) is 47.9 Å². The van der Waals surface area contributed by atoms with Crippen LogP contribution in [0.5, 0.6) is 11.5 Å². The zero-order valence-corrected chi connectivity index (χ0v) is 16.4. The summed E-state index contributed by atoms with van der Waals surface area (Å²) in [5, 5.41) is 0.693. The zero-order valence-electron chi connectivity index (χ0n) is 15.7. The molecule has 4 nitrogen and oxygen atoms in total. The third-order valence-electron chi connectivity index (χ3n) is 5.57. The van der Waals surface area contributed by atoms with E-state index in [4.69, 9.17) is 16.3 Å². The summed E-state index contributed by atoms with van der Waals surface area (Å²) < 4.78 is 5.92. The average Bonchev–Trinajstić information content (AvgIpc) is 3.35. The summed E-state index contributed by atoms with van der Waals surface area (Å²) in [4.78, 5) is 17.3. The topological polar surface area (TPSA) is 32.8 Å². The van der Waals surface area contributed by atoms with E-state index in [9.17, 15) is 4.79 Å². The number of likely N-dealkylation sites (tertiary alicyclic amines) is 2. The van der Waals surface area contributed by atoms with Gasteiger partial charge in [-0.1, -0.05) is 11.6 Å². The van der Waals surface area contributed by atoms with Crippen LogP contribution in [-0.2, 0) is 0 Å². The SMILES string of the molecule is Cc1cc(Cl)ccc1Oc1ccc(C(=O)N2CC[C@H](N3CCCC3)C2)cc1. The largest absolute Gasteiger partial charge is 0.457 e. The van der Waals surface area contributed by atoms with Crippen molar-refractivity contribution in [1.82, 2.24) is 9.80 Å². The summed E-state index contributed by atoms with van der Waals surface area (Å²) in [5.41, 5.74) is 1.70. The van der Waals surface area contributed by atoms with Crippen LogP contribution in [0.4, 0.5) is 0 Å². The molecule has 2 aromatic carbocycles. The molecular formula is C22H25ClN2O2. The van der Waals surface area contributed by atoms with Crippen molar-refractivity contribution in [3.63, 3.8) is 0 Å². The lowest BCUT2D eigenvalue weighted by Crippen LogP contribution is -2.37. The molecule has 2 heterocycles. The maximum absolute atomic E-state index is 12.8. The minimum absolute atomic E-state index is 0.117. The van der Waals surface area contributed by atoms with Crippen molar-refractivity contribution in [2.45, 2.75) is 32.2 Å². The van der Waals surface area contributed by atoms with Crippen molar-refractivity contribution < 1.29 is 9.53 Å². The predicted octanol–water partition coefficient (Wildman–Crippen LogP) is 4.75. The number of ether oxygens (including phenoxy) is 1. The molecule has 27 heavy (non-hydrogen) atoms. The molecule has 0 radical (unpaired) electrons. The van der Waals surface area contributed by atoms with Crippen LogP contribution < -0.4 is 4.74 Å². The number of halogens is 1. The van der Waals surface area contributed by atoms with Crippen LogP contribution in [0.1, 0.15) is 35.2 Å². The van der Waals surface area contributed by atoms with Gasteiger partial charge in [-0.2, -0.15) is 0 Å². The van der Waals surface area contributed by atoms with Gasteiger partial charge in [-0.25, -0.2) is 0 Å². The van der Waals surface area contributed by atoms with E-state index in [0.29, 0.717) is 16.8 Å². The van der Waals surface area contributed by atoms with Gasteiger partial charge in [0.2, 0.25) is 0 Å². The van der Waals surface area contributed by atoms with Crippen molar-refractivity contribution in [2.75, 3.05) is 26.2 Å². The highest BCUT2D eigenvalue weighted by atomic mass is 35.5. The smallest absolute Gasteiger partial charge is 0.253 e. The first kappa shape index (κ1) is 18.3. The fraction of sp³-hybridized carbons (Fsp3) is 0.409. The van der Waals surface area contributed by atoms with Gasteiger partial charge in [0.1, 0.15) is 11.5 Å². The molecule has 1 amide bonds. The number of benzene rings is 2. The Morgan fingerprint density at radius 1 is 1.07 bits per heavy atom. The molecule has 2 fully saturated rings. The highest BCUT2D eigenvalue weighted by Crippen LogP contribution is 2.28. The maximum Gasteiger partial charge on any atom is 0.253 e. The van der Waals surface area contributed by atoms with Crippen LogP contribution in [0, 0.1) is 6.92 Å². The Kier molecular flexibility index (Phi) is 5.37. The summed E-state index contributed by atoms with van der Waals surface area (Å²) in [7, 11) is 0. The first-order chi connectivity index (χ1) is 13.1. The fourth-order valence-electron chi connectivity index (χ4n) is 4.03. The first-order valence-corrected chi connectivity index (χ1v) is 10.1. The third-order valence-corrected chi connectivity index (χ3v) is 5.81. The molecule has 0 aliphatic carbocycles. The molecule has 0 bridgehead atoms. The Morgan fingerprint density at radius 2 is 1.81 bits per heavy atom. The number of amides is 1. The van der Waals surface area contributed by atoms with Gasteiger partial charge in [0.15, 0.2) is 0 Å². The number of carbonyl (C=O) groups excluding carboxylic acids is 1. The maximum atomic E-state index is 12.8. The Labute approximate surface area is 165 Å². The quantitative estimate of drug-likeness (QED) is 0.762. The summed E-state index contributed by atoms with van der Waals surface area (Å²) in [6.07, 6.45) is 3.67. The molecule has 4 rings (SSSR count). The van der Waals surface area contributed by atoms with Gasteiger partial charge in [-0.05, 0) is 87.3 Å². The molecule has 142 valence electrons. The number of hydrogen-bond donors (Lipinski definition) is 0. The van der Waals surface area contributed by atoms with Crippen LogP contribution in [0.3, 0.4) is 0 Å². The second kappa shape index (κ2) is 7.91. The zero-order chi connectivity index (χ0) is 18.8. The van der Waals surface area contributed by atoms with E-state index in [0.717, 1.165) is 36.4 Å². The molecule has 0 saturated carbocycles. The average molecular weight is 385 g/mol. The summed E-state index contributed by atoms with van der Waals surface area (Å²) in [5.74, 6) is 1.60. The van der Waals surface area contributed by atoms with E-state index in [-0.39, 0.29) is 5.91 Å². The predicted molar refractivity (Wildman–Crippen MR) is 108 cm³/mol.